The molecule has 5 rings (SSSR count). The highest BCUT2D eigenvalue weighted by Crippen LogP contribution is 2.31. The summed E-state index contributed by atoms with van der Waals surface area (Å²) in [7, 11) is 1.48. The summed E-state index contributed by atoms with van der Waals surface area (Å²) in [4.78, 5) is 26.6. The summed E-state index contributed by atoms with van der Waals surface area (Å²) in [5.41, 5.74) is 2.87. The zero-order chi connectivity index (χ0) is 22.2. The van der Waals surface area contributed by atoms with E-state index in [-0.39, 0.29) is 11.8 Å². The van der Waals surface area contributed by atoms with Crippen LogP contribution in [0.25, 0.3) is 17.2 Å². The number of rotatable bonds is 5. The van der Waals surface area contributed by atoms with Crippen molar-refractivity contribution in [3.63, 3.8) is 0 Å². The number of anilines is 1. The number of aryl methyl sites for hydroxylation is 2. The van der Waals surface area contributed by atoms with E-state index >= 15 is 0 Å². The van der Waals surface area contributed by atoms with Gasteiger partial charge in [0.25, 0.3) is 5.91 Å². The van der Waals surface area contributed by atoms with Crippen molar-refractivity contribution in [1.82, 2.24) is 29.3 Å². The number of aromatic nitrogens is 6. The second-order valence-electron chi connectivity index (χ2n) is 7.81. The summed E-state index contributed by atoms with van der Waals surface area (Å²) in [6, 6.07) is 11.5. The van der Waals surface area contributed by atoms with Crippen molar-refractivity contribution in [2.75, 3.05) is 12.4 Å². The number of nitrogens with zero attached hydrogens (tertiary/aromatic N) is 6. The van der Waals surface area contributed by atoms with Crippen molar-refractivity contribution in [3.05, 3.63) is 65.9 Å². The first-order valence-electron chi connectivity index (χ1n) is 10.5. The monoisotopic (exact) mass is 429 g/mol. The topological polar surface area (TPSA) is 99.7 Å². The van der Waals surface area contributed by atoms with Crippen LogP contribution in [-0.4, -0.2) is 42.3 Å². The molecule has 1 N–H and O–H groups in total. The van der Waals surface area contributed by atoms with Gasteiger partial charge in [0.1, 0.15) is 17.2 Å². The van der Waals surface area contributed by atoms with Gasteiger partial charge in [-0.15, -0.1) is 5.10 Å². The molecule has 0 fully saturated rings. The number of nitrogens with one attached hydrogen (secondary N) is 1. The fraction of sp³-hybridized carbons (Fsp3) is 0.261. The quantitative estimate of drug-likeness (QED) is 0.520. The second-order valence-corrected chi connectivity index (χ2v) is 7.81. The molecule has 9 nitrogen and oxygen atoms in total. The van der Waals surface area contributed by atoms with E-state index < -0.39 is 0 Å². The number of imidazole rings is 1. The summed E-state index contributed by atoms with van der Waals surface area (Å²) in [5, 5.41) is 7.20. The van der Waals surface area contributed by atoms with Crippen LogP contribution in [0.4, 0.5) is 5.82 Å². The van der Waals surface area contributed by atoms with E-state index in [9.17, 15) is 4.79 Å². The number of carbonyl (C=O) groups is 1. The van der Waals surface area contributed by atoms with Gasteiger partial charge in [0.2, 0.25) is 5.88 Å². The second kappa shape index (κ2) is 7.92. The minimum Gasteiger partial charge on any atom is -0.479 e. The lowest BCUT2D eigenvalue weighted by atomic mass is 10.2. The molecule has 0 spiro atoms. The molecule has 0 saturated heterocycles. The number of amides is 1. The third-order valence-corrected chi connectivity index (χ3v) is 5.58. The fourth-order valence-corrected chi connectivity index (χ4v) is 4.00. The zero-order valence-corrected chi connectivity index (χ0v) is 18.1. The number of fused-ring (bicyclic) bond motifs is 1. The van der Waals surface area contributed by atoms with E-state index in [4.69, 9.17) is 4.74 Å². The van der Waals surface area contributed by atoms with Gasteiger partial charge >= 0.3 is 0 Å². The molecule has 0 radical (unpaired) electrons. The van der Waals surface area contributed by atoms with Crippen LogP contribution >= 0.6 is 0 Å². The predicted octanol–water partition coefficient (Wildman–Crippen LogP) is 3.60. The first-order valence-corrected chi connectivity index (χ1v) is 10.5. The minimum atomic E-state index is -0.364. The molecule has 9 heteroatoms. The Hall–Kier alpha value is -4.01. The smallest absolute Gasteiger partial charge is 0.263 e. The lowest BCUT2D eigenvalue weighted by molar-refractivity contribution is 0.102. The number of carbonyl (C=O) groups excluding carboxylic acids is 1. The van der Waals surface area contributed by atoms with Gasteiger partial charge in [0, 0.05) is 24.4 Å². The molecule has 0 saturated carbocycles. The molecule has 4 aromatic heterocycles. The lowest BCUT2D eigenvalue weighted by Crippen LogP contribution is -2.13. The summed E-state index contributed by atoms with van der Waals surface area (Å²) >= 11 is 0. The molecule has 0 bridgehead atoms. The van der Waals surface area contributed by atoms with E-state index in [0.29, 0.717) is 23.2 Å². The Balaban J connectivity index is 1.42. The number of hydrogen-bond acceptors (Lipinski definition) is 6. The first-order chi connectivity index (χ1) is 15.5. The molecule has 4 aromatic rings. The Bertz CT molecular complexity index is 1310. The van der Waals surface area contributed by atoms with Gasteiger partial charge in [-0.3, -0.25) is 4.79 Å². The standard InChI is InChI=1S/C23H23N7O2/c1-14-6-4-9-21(25-14)29-13-16(23(28-29)32-3)22(31)27-19-8-5-7-17(26-19)18-12-24-20-11-10-15(2)30(18)20/h4-9,12-13,15H,10-11H2,1-3H3,(H,26,27,31). The van der Waals surface area contributed by atoms with Gasteiger partial charge in [-0.25, -0.2) is 19.6 Å². The maximum atomic E-state index is 13.0. The maximum absolute atomic E-state index is 13.0. The molecule has 162 valence electrons. The molecule has 1 amide bonds. The van der Waals surface area contributed by atoms with Crippen molar-refractivity contribution < 1.29 is 9.53 Å². The zero-order valence-electron chi connectivity index (χ0n) is 18.1. The molecule has 1 aliphatic heterocycles. The van der Waals surface area contributed by atoms with Crippen LogP contribution in [0.5, 0.6) is 5.88 Å². The Labute approximate surface area is 185 Å². The summed E-state index contributed by atoms with van der Waals surface area (Å²) in [5.74, 6) is 1.97. The summed E-state index contributed by atoms with van der Waals surface area (Å²) in [6.45, 7) is 4.08. The van der Waals surface area contributed by atoms with Crippen LogP contribution in [-0.2, 0) is 6.42 Å². The summed E-state index contributed by atoms with van der Waals surface area (Å²) < 4.78 is 9.08. The molecule has 1 unspecified atom stereocenters. The third kappa shape index (κ3) is 3.51. The Morgan fingerprint density at radius 2 is 2.03 bits per heavy atom. The lowest BCUT2D eigenvalue weighted by Gasteiger charge is -2.12. The Morgan fingerprint density at radius 3 is 2.84 bits per heavy atom. The average molecular weight is 429 g/mol. The molecule has 5 heterocycles. The van der Waals surface area contributed by atoms with Crippen molar-refractivity contribution in [2.45, 2.75) is 32.7 Å². The molecule has 32 heavy (non-hydrogen) atoms. The van der Waals surface area contributed by atoms with E-state index in [2.05, 4.69) is 36.9 Å². The predicted molar refractivity (Wildman–Crippen MR) is 119 cm³/mol. The number of methoxy groups -OCH3 is 1. The summed E-state index contributed by atoms with van der Waals surface area (Å²) in [6.07, 6.45) is 5.50. The maximum Gasteiger partial charge on any atom is 0.263 e. The molecule has 0 aromatic carbocycles. The van der Waals surface area contributed by atoms with Crippen LogP contribution in [0.2, 0.25) is 0 Å². The van der Waals surface area contributed by atoms with Crippen molar-refractivity contribution in [1.29, 1.82) is 0 Å². The van der Waals surface area contributed by atoms with E-state index in [1.54, 1.807) is 12.3 Å². The van der Waals surface area contributed by atoms with Crippen LogP contribution in [0.3, 0.4) is 0 Å². The van der Waals surface area contributed by atoms with Crippen molar-refractivity contribution >= 4 is 11.7 Å². The fourth-order valence-electron chi connectivity index (χ4n) is 4.00. The van der Waals surface area contributed by atoms with Crippen LogP contribution in [0, 0.1) is 6.92 Å². The third-order valence-electron chi connectivity index (χ3n) is 5.58. The van der Waals surface area contributed by atoms with Gasteiger partial charge in [-0.05, 0) is 44.5 Å². The molecular formula is C23H23N7O2. The Morgan fingerprint density at radius 1 is 1.19 bits per heavy atom. The number of hydrogen-bond donors (Lipinski definition) is 1. The van der Waals surface area contributed by atoms with Gasteiger partial charge in [-0.1, -0.05) is 12.1 Å². The van der Waals surface area contributed by atoms with Crippen LogP contribution < -0.4 is 10.1 Å². The SMILES string of the molecule is COc1nn(-c2cccc(C)n2)cc1C(=O)Nc1cccc(-c2cnc3n2C(C)CC3)n1. The minimum absolute atomic E-state index is 0.212. The average Bonchev–Trinajstić information content (AvgIpc) is 3.50. The van der Waals surface area contributed by atoms with Crippen molar-refractivity contribution in [2.24, 2.45) is 0 Å². The molecular weight excluding hydrogens is 406 g/mol. The molecule has 1 atom stereocenters. The van der Waals surface area contributed by atoms with E-state index in [1.165, 1.54) is 11.8 Å². The molecule has 1 aliphatic rings. The number of pyridine rings is 2. The molecule has 0 aliphatic carbocycles. The van der Waals surface area contributed by atoms with Gasteiger partial charge in [-0.2, -0.15) is 0 Å². The van der Waals surface area contributed by atoms with E-state index in [1.807, 2.05) is 43.5 Å². The van der Waals surface area contributed by atoms with Gasteiger partial charge < -0.3 is 14.6 Å². The van der Waals surface area contributed by atoms with E-state index in [0.717, 1.165) is 35.7 Å². The highest BCUT2D eigenvalue weighted by Gasteiger charge is 2.24. The highest BCUT2D eigenvalue weighted by atomic mass is 16.5. The Kier molecular flexibility index (Phi) is 4.93. The van der Waals surface area contributed by atoms with Crippen LogP contribution in [0.15, 0.2) is 48.8 Å². The normalized spacial score (nSPS) is 14.9. The van der Waals surface area contributed by atoms with Crippen LogP contribution in [0.1, 0.15) is 41.3 Å². The highest BCUT2D eigenvalue weighted by molar-refractivity contribution is 6.05. The number of ether oxygens (including phenoxy) is 1. The van der Waals surface area contributed by atoms with Gasteiger partial charge in [0.05, 0.1) is 24.7 Å². The largest absolute Gasteiger partial charge is 0.479 e. The first kappa shape index (κ1) is 19.9. The van der Waals surface area contributed by atoms with Crippen molar-refractivity contribution in [3.8, 4) is 23.1 Å². The van der Waals surface area contributed by atoms with Gasteiger partial charge in [0.15, 0.2) is 5.82 Å².